The second kappa shape index (κ2) is 9.32. The van der Waals surface area contributed by atoms with Gasteiger partial charge in [0.1, 0.15) is 5.75 Å². The van der Waals surface area contributed by atoms with Crippen molar-refractivity contribution in [2.45, 2.75) is 27.3 Å². The molecular formula is C19H23NO5. The molecule has 0 amide bonds. The van der Waals surface area contributed by atoms with E-state index in [0.29, 0.717) is 0 Å². The first-order chi connectivity index (χ1) is 11.7. The van der Waals surface area contributed by atoms with Gasteiger partial charge in [0, 0.05) is 6.54 Å². The van der Waals surface area contributed by atoms with Crippen molar-refractivity contribution in [1.82, 2.24) is 0 Å². The largest absolute Gasteiger partial charge is 0.495 e. The summed E-state index contributed by atoms with van der Waals surface area (Å²) in [6.07, 6.45) is 0. The maximum Gasteiger partial charge on any atom is 0.414 e. The molecule has 0 spiro atoms. The molecule has 2 rings (SSSR count). The molecule has 0 saturated carbocycles. The fourth-order valence-corrected chi connectivity index (χ4v) is 2.19. The number of rotatable bonds is 4. The zero-order valence-electron chi connectivity index (χ0n) is 14.8. The third-order valence-corrected chi connectivity index (χ3v) is 3.51. The van der Waals surface area contributed by atoms with Crippen molar-refractivity contribution < 1.29 is 24.5 Å². The SMILES string of the molecule is COc1ccc(C)cc1NCc1ccc(C)cc1C.O=C(O)C(=O)O. The number of nitrogens with one attached hydrogen (secondary N) is 1. The molecule has 2 aromatic rings. The van der Waals surface area contributed by atoms with Crippen LogP contribution in [0.25, 0.3) is 0 Å². The lowest BCUT2D eigenvalue weighted by atomic mass is 10.1. The number of aliphatic carboxylic acids is 2. The van der Waals surface area contributed by atoms with Gasteiger partial charge in [0.25, 0.3) is 0 Å². The normalized spacial score (nSPS) is 9.60. The number of aryl methyl sites for hydroxylation is 3. The molecule has 0 aliphatic carbocycles. The van der Waals surface area contributed by atoms with E-state index in [2.05, 4.69) is 56.4 Å². The van der Waals surface area contributed by atoms with E-state index in [1.54, 1.807) is 7.11 Å². The Labute approximate surface area is 147 Å². The zero-order chi connectivity index (χ0) is 19.0. The van der Waals surface area contributed by atoms with Gasteiger partial charge in [-0.1, -0.05) is 29.8 Å². The topological polar surface area (TPSA) is 95.9 Å². The predicted octanol–water partition coefficient (Wildman–Crippen LogP) is 3.39. The molecule has 0 atom stereocenters. The van der Waals surface area contributed by atoms with E-state index in [1.165, 1.54) is 22.3 Å². The Hall–Kier alpha value is -3.02. The molecule has 0 heterocycles. The van der Waals surface area contributed by atoms with Crippen LogP contribution in [-0.4, -0.2) is 29.3 Å². The summed E-state index contributed by atoms with van der Waals surface area (Å²) >= 11 is 0. The Morgan fingerprint density at radius 2 is 1.52 bits per heavy atom. The summed E-state index contributed by atoms with van der Waals surface area (Å²) in [6.45, 7) is 7.17. The van der Waals surface area contributed by atoms with Crippen LogP contribution in [0.1, 0.15) is 22.3 Å². The van der Waals surface area contributed by atoms with E-state index in [1.807, 2.05) is 6.07 Å². The van der Waals surface area contributed by atoms with Crippen molar-refractivity contribution in [2.24, 2.45) is 0 Å². The summed E-state index contributed by atoms with van der Waals surface area (Å²) in [4.78, 5) is 18.2. The number of benzene rings is 2. The molecule has 0 unspecified atom stereocenters. The van der Waals surface area contributed by atoms with E-state index in [-0.39, 0.29) is 0 Å². The summed E-state index contributed by atoms with van der Waals surface area (Å²) in [5, 5.41) is 18.2. The summed E-state index contributed by atoms with van der Waals surface area (Å²) in [5.74, 6) is -2.76. The molecular weight excluding hydrogens is 322 g/mol. The van der Waals surface area contributed by atoms with Gasteiger partial charge >= 0.3 is 11.9 Å². The van der Waals surface area contributed by atoms with Crippen molar-refractivity contribution in [3.63, 3.8) is 0 Å². The Balaban J connectivity index is 0.000000450. The molecule has 0 aromatic heterocycles. The first-order valence-electron chi connectivity index (χ1n) is 7.65. The maximum atomic E-state index is 9.10. The monoisotopic (exact) mass is 345 g/mol. The van der Waals surface area contributed by atoms with Gasteiger partial charge < -0.3 is 20.3 Å². The Morgan fingerprint density at radius 3 is 2.04 bits per heavy atom. The maximum absolute atomic E-state index is 9.10. The van der Waals surface area contributed by atoms with Gasteiger partial charge in [0.2, 0.25) is 0 Å². The predicted molar refractivity (Wildman–Crippen MR) is 96.2 cm³/mol. The van der Waals surface area contributed by atoms with E-state index in [4.69, 9.17) is 24.5 Å². The van der Waals surface area contributed by atoms with Crippen LogP contribution in [0.2, 0.25) is 0 Å². The van der Waals surface area contributed by atoms with Crippen LogP contribution in [0.15, 0.2) is 36.4 Å². The molecule has 25 heavy (non-hydrogen) atoms. The first-order valence-corrected chi connectivity index (χ1v) is 7.65. The van der Waals surface area contributed by atoms with Crippen LogP contribution in [0.4, 0.5) is 5.69 Å². The standard InChI is InChI=1S/C17H21NO.C2H2O4/c1-12-5-7-15(14(3)9-12)11-18-16-10-13(2)6-8-17(16)19-4;3-1(4)2(5)6/h5-10,18H,11H2,1-4H3;(H,3,4)(H,5,6). The minimum absolute atomic E-state index is 0.811. The molecule has 0 bridgehead atoms. The number of hydrogen-bond donors (Lipinski definition) is 3. The lowest BCUT2D eigenvalue weighted by Crippen LogP contribution is -2.09. The Kier molecular flexibility index (Phi) is 7.46. The van der Waals surface area contributed by atoms with Crippen LogP contribution in [0.3, 0.4) is 0 Å². The van der Waals surface area contributed by atoms with E-state index in [9.17, 15) is 0 Å². The van der Waals surface area contributed by atoms with Crippen molar-refractivity contribution in [2.75, 3.05) is 12.4 Å². The van der Waals surface area contributed by atoms with Gasteiger partial charge in [-0.25, -0.2) is 9.59 Å². The van der Waals surface area contributed by atoms with Gasteiger partial charge in [0.15, 0.2) is 0 Å². The van der Waals surface area contributed by atoms with Crippen LogP contribution in [0.5, 0.6) is 5.75 Å². The Morgan fingerprint density at radius 1 is 0.960 bits per heavy atom. The van der Waals surface area contributed by atoms with Crippen molar-refractivity contribution >= 4 is 17.6 Å². The highest BCUT2D eigenvalue weighted by molar-refractivity contribution is 6.27. The summed E-state index contributed by atoms with van der Waals surface area (Å²) in [7, 11) is 1.70. The molecule has 0 radical (unpaired) electrons. The van der Waals surface area contributed by atoms with Crippen molar-refractivity contribution in [3.05, 3.63) is 58.7 Å². The Bertz CT molecular complexity index is 743. The van der Waals surface area contributed by atoms with Gasteiger partial charge in [-0.2, -0.15) is 0 Å². The number of carbonyl (C=O) groups is 2. The van der Waals surface area contributed by atoms with Crippen LogP contribution >= 0.6 is 0 Å². The van der Waals surface area contributed by atoms with Crippen molar-refractivity contribution in [3.8, 4) is 5.75 Å². The third-order valence-electron chi connectivity index (χ3n) is 3.51. The zero-order valence-corrected chi connectivity index (χ0v) is 14.8. The molecule has 0 aliphatic heterocycles. The highest BCUT2D eigenvalue weighted by Gasteiger charge is 2.05. The first kappa shape index (κ1) is 20.0. The summed E-state index contributed by atoms with van der Waals surface area (Å²) < 4.78 is 5.38. The average Bonchev–Trinajstić information content (AvgIpc) is 2.54. The van der Waals surface area contributed by atoms with Gasteiger partial charge in [-0.3, -0.25) is 0 Å². The molecule has 2 aromatic carbocycles. The molecule has 134 valence electrons. The van der Waals surface area contributed by atoms with Crippen LogP contribution in [0, 0.1) is 20.8 Å². The van der Waals surface area contributed by atoms with E-state index in [0.717, 1.165) is 18.0 Å². The second-order valence-electron chi connectivity index (χ2n) is 5.60. The lowest BCUT2D eigenvalue weighted by molar-refractivity contribution is -0.159. The minimum Gasteiger partial charge on any atom is -0.495 e. The fourth-order valence-electron chi connectivity index (χ4n) is 2.19. The summed E-state index contributed by atoms with van der Waals surface area (Å²) in [5.41, 5.74) is 6.20. The van der Waals surface area contributed by atoms with Crippen molar-refractivity contribution in [1.29, 1.82) is 0 Å². The second-order valence-corrected chi connectivity index (χ2v) is 5.60. The molecule has 0 saturated heterocycles. The smallest absolute Gasteiger partial charge is 0.414 e. The molecule has 3 N–H and O–H groups in total. The van der Waals surface area contributed by atoms with Crippen LogP contribution < -0.4 is 10.1 Å². The number of hydrogen-bond acceptors (Lipinski definition) is 4. The minimum atomic E-state index is -1.82. The lowest BCUT2D eigenvalue weighted by Gasteiger charge is -2.13. The third kappa shape index (κ3) is 6.55. The van der Waals surface area contributed by atoms with Gasteiger partial charge in [-0.05, 0) is 49.6 Å². The van der Waals surface area contributed by atoms with Gasteiger partial charge in [-0.15, -0.1) is 0 Å². The van der Waals surface area contributed by atoms with E-state index < -0.39 is 11.9 Å². The number of ether oxygens (including phenoxy) is 1. The fraction of sp³-hybridized carbons (Fsp3) is 0.263. The molecule has 6 nitrogen and oxygen atoms in total. The average molecular weight is 345 g/mol. The van der Waals surface area contributed by atoms with Gasteiger partial charge in [0.05, 0.1) is 12.8 Å². The van der Waals surface area contributed by atoms with Crippen LogP contribution in [-0.2, 0) is 16.1 Å². The number of anilines is 1. The number of carboxylic acids is 2. The molecule has 0 fully saturated rings. The summed E-state index contributed by atoms with van der Waals surface area (Å²) in [6, 6.07) is 12.7. The highest BCUT2D eigenvalue weighted by atomic mass is 16.5. The quantitative estimate of drug-likeness (QED) is 0.735. The number of methoxy groups -OCH3 is 1. The molecule has 6 heteroatoms. The van der Waals surface area contributed by atoms with E-state index >= 15 is 0 Å². The number of carboxylic acid groups (broad SMARTS) is 2. The molecule has 0 aliphatic rings. The highest BCUT2D eigenvalue weighted by Crippen LogP contribution is 2.26.